The molecule has 3 rings (SSSR count). The minimum absolute atomic E-state index is 0.221. The van der Waals surface area contributed by atoms with Crippen LogP contribution in [0.5, 0.6) is 0 Å². The van der Waals surface area contributed by atoms with Crippen molar-refractivity contribution in [2.24, 2.45) is 5.73 Å². The van der Waals surface area contributed by atoms with Gasteiger partial charge in [-0.15, -0.1) is 0 Å². The summed E-state index contributed by atoms with van der Waals surface area (Å²) in [5.41, 5.74) is 6.52. The number of nitrogens with two attached hydrogens (primary N) is 1. The normalized spacial score (nSPS) is 11.3. The van der Waals surface area contributed by atoms with Gasteiger partial charge in [-0.05, 0) is 36.9 Å². The molecule has 0 radical (unpaired) electrons. The van der Waals surface area contributed by atoms with Crippen molar-refractivity contribution >= 4 is 40.0 Å². The summed E-state index contributed by atoms with van der Waals surface area (Å²) in [5.74, 6) is -0.135. The fraction of sp³-hybridized carbons (Fsp3) is 0.211. The maximum atomic E-state index is 12.8. The van der Waals surface area contributed by atoms with Crippen LogP contribution in [0.4, 0.5) is 0 Å². The number of nitrogens with zero attached hydrogens (tertiary/aromatic N) is 3. The number of hydrogen-bond acceptors (Lipinski definition) is 4. The van der Waals surface area contributed by atoms with E-state index in [4.69, 9.17) is 28.9 Å². The van der Waals surface area contributed by atoms with E-state index in [2.05, 4.69) is 4.98 Å². The molecular weight excluding hydrogens is 387 g/mol. The van der Waals surface area contributed by atoms with Crippen molar-refractivity contribution < 1.29 is 4.79 Å². The lowest BCUT2D eigenvalue weighted by molar-refractivity contribution is -0.118. The minimum Gasteiger partial charge on any atom is -0.368 e. The average molecular weight is 405 g/mol. The van der Waals surface area contributed by atoms with E-state index < -0.39 is 5.91 Å². The highest BCUT2D eigenvalue weighted by atomic mass is 35.5. The van der Waals surface area contributed by atoms with Crippen LogP contribution in [0.2, 0.25) is 10.0 Å². The molecule has 0 saturated heterocycles. The first-order chi connectivity index (χ1) is 12.8. The largest absolute Gasteiger partial charge is 0.368 e. The van der Waals surface area contributed by atoms with E-state index in [0.717, 1.165) is 5.56 Å². The predicted octanol–water partition coefficient (Wildman–Crippen LogP) is 2.82. The molecule has 0 unspecified atom stereocenters. The van der Waals surface area contributed by atoms with Crippen LogP contribution in [0.3, 0.4) is 0 Å². The lowest BCUT2D eigenvalue weighted by atomic mass is 10.2. The molecule has 0 aliphatic rings. The van der Waals surface area contributed by atoms with Crippen LogP contribution < -0.4 is 11.3 Å². The zero-order valence-corrected chi connectivity index (χ0v) is 16.2. The van der Waals surface area contributed by atoms with Crippen LogP contribution in [0, 0.1) is 0 Å². The van der Waals surface area contributed by atoms with Gasteiger partial charge in [0, 0.05) is 16.6 Å². The third-order valence-electron chi connectivity index (χ3n) is 4.12. The smallest absolute Gasteiger partial charge is 0.261 e. The Balaban J connectivity index is 1.94. The quantitative estimate of drug-likeness (QED) is 0.684. The van der Waals surface area contributed by atoms with Crippen molar-refractivity contribution in [1.82, 2.24) is 14.5 Å². The molecule has 2 N–H and O–H groups in total. The lowest BCUT2D eigenvalue weighted by Crippen LogP contribution is -2.33. The maximum absolute atomic E-state index is 12.8. The number of carbonyl (C=O) groups is 1. The second-order valence-corrected chi connectivity index (χ2v) is 7.15. The number of carbonyl (C=O) groups excluding carboxylic acids is 1. The van der Waals surface area contributed by atoms with E-state index in [1.54, 1.807) is 30.3 Å². The second kappa shape index (κ2) is 8.08. The molecule has 1 heterocycles. The number of aromatic nitrogens is 2. The summed E-state index contributed by atoms with van der Waals surface area (Å²) in [6.07, 6.45) is 0. The summed E-state index contributed by atoms with van der Waals surface area (Å²) in [4.78, 5) is 30.7. The molecule has 0 fully saturated rings. The van der Waals surface area contributed by atoms with E-state index in [0.29, 0.717) is 39.9 Å². The molecule has 1 amide bonds. The molecule has 0 spiro atoms. The first-order valence-electron chi connectivity index (χ1n) is 8.24. The highest BCUT2D eigenvalue weighted by molar-refractivity contribution is 6.35. The Labute approximate surface area is 166 Å². The standard InChI is InChI=1S/C19H18Cl2N4O2/c1-24(9-12-6-7-13(20)8-15(12)21)11-18-23-16-5-3-2-4-14(16)19(27)25(18)10-17(22)26/h2-8H,9-11H2,1H3,(H2,22,26). The second-order valence-electron chi connectivity index (χ2n) is 6.31. The summed E-state index contributed by atoms with van der Waals surface area (Å²) in [6, 6.07) is 12.3. The zero-order chi connectivity index (χ0) is 19.6. The van der Waals surface area contributed by atoms with Gasteiger partial charge in [-0.1, -0.05) is 41.4 Å². The number of fused-ring (bicyclic) bond motifs is 1. The van der Waals surface area contributed by atoms with Gasteiger partial charge in [-0.2, -0.15) is 0 Å². The molecule has 2 aromatic carbocycles. The highest BCUT2D eigenvalue weighted by Crippen LogP contribution is 2.22. The van der Waals surface area contributed by atoms with Crippen molar-refractivity contribution in [3.63, 3.8) is 0 Å². The van der Waals surface area contributed by atoms with Gasteiger partial charge in [0.25, 0.3) is 5.56 Å². The van der Waals surface area contributed by atoms with Crippen molar-refractivity contribution in [2.75, 3.05) is 7.05 Å². The number of primary amides is 1. The third kappa shape index (κ3) is 4.47. The molecule has 0 aliphatic carbocycles. The predicted molar refractivity (Wildman–Crippen MR) is 107 cm³/mol. The van der Waals surface area contributed by atoms with Crippen LogP contribution in [0.25, 0.3) is 10.9 Å². The Morgan fingerprint density at radius 2 is 1.93 bits per heavy atom. The van der Waals surface area contributed by atoms with E-state index in [-0.39, 0.29) is 12.1 Å². The number of benzene rings is 2. The maximum Gasteiger partial charge on any atom is 0.261 e. The van der Waals surface area contributed by atoms with Gasteiger partial charge in [0.1, 0.15) is 12.4 Å². The van der Waals surface area contributed by atoms with Crippen molar-refractivity contribution in [1.29, 1.82) is 0 Å². The SMILES string of the molecule is CN(Cc1ccc(Cl)cc1Cl)Cc1nc2ccccc2c(=O)n1CC(N)=O. The highest BCUT2D eigenvalue weighted by Gasteiger charge is 2.15. The molecular formula is C19H18Cl2N4O2. The Morgan fingerprint density at radius 3 is 2.63 bits per heavy atom. The number of amides is 1. The fourth-order valence-electron chi connectivity index (χ4n) is 2.89. The molecule has 0 bridgehead atoms. The van der Waals surface area contributed by atoms with E-state index in [9.17, 15) is 9.59 Å². The number of halogens is 2. The van der Waals surface area contributed by atoms with Crippen LogP contribution >= 0.6 is 23.2 Å². The Kier molecular flexibility index (Phi) is 5.79. The van der Waals surface area contributed by atoms with Gasteiger partial charge in [0.05, 0.1) is 17.4 Å². The van der Waals surface area contributed by atoms with Gasteiger partial charge in [0.2, 0.25) is 5.91 Å². The van der Waals surface area contributed by atoms with Crippen molar-refractivity contribution in [3.05, 3.63) is 74.3 Å². The van der Waals surface area contributed by atoms with Crippen LogP contribution in [0.1, 0.15) is 11.4 Å². The van der Waals surface area contributed by atoms with Gasteiger partial charge < -0.3 is 5.73 Å². The summed E-state index contributed by atoms with van der Waals surface area (Å²) in [5, 5.41) is 1.58. The number of hydrogen-bond donors (Lipinski definition) is 1. The Bertz CT molecular complexity index is 1070. The molecule has 6 nitrogen and oxygen atoms in total. The van der Waals surface area contributed by atoms with Crippen LogP contribution in [0.15, 0.2) is 47.3 Å². The molecule has 1 aromatic heterocycles. The van der Waals surface area contributed by atoms with Gasteiger partial charge in [-0.25, -0.2) is 4.98 Å². The van der Waals surface area contributed by atoms with E-state index in [1.165, 1.54) is 4.57 Å². The minimum atomic E-state index is -0.598. The first kappa shape index (κ1) is 19.4. The summed E-state index contributed by atoms with van der Waals surface area (Å²) >= 11 is 12.2. The first-order valence-corrected chi connectivity index (χ1v) is 9.00. The molecule has 3 aromatic rings. The lowest BCUT2D eigenvalue weighted by Gasteiger charge is -2.20. The van der Waals surface area contributed by atoms with Crippen molar-refractivity contribution in [2.45, 2.75) is 19.6 Å². The molecule has 0 saturated carbocycles. The average Bonchev–Trinajstić information content (AvgIpc) is 2.60. The number of rotatable bonds is 6. The Hall–Kier alpha value is -2.41. The Morgan fingerprint density at radius 1 is 1.19 bits per heavy atom. The van der Waals surface area contributed by atoms with Gasteiger partial charge in [-0.3, -0.25) is 19.1 Å². The number of para-hydroxylation sites is 1. The topological polar surface area (TPSA) is 81.2 Å². The van der Waals surface area contributed by atoms with E-state index in [1.807, 2.05) is 24.1 Å². The molecule has 0 aliphatic heterocycles. The fourth-order valence-corrected chi connectivity index (χ4v) is 3.36. The van der Waals surface area contributed by atoms with Crippen LogP contribution in [-0.2, 0) is 24.4 Å². The summed E-state index contributed by atoms with van der Waals surface area (Å²) in [6.45, 7) is 0.642. The molecule has 140 valence electrons. The molecule has 0 atom stereocenters. The summed E-state index contributed by atoms with van der Waals surface area (Å²) < 4.78 is 1.32. The van der Waals surface area contributed by atoms with Gasteiger partial charge in [0.15, 0.2) is 0 Å². The monoisotopic (exact) mass is 404 g/mol. The van der Waals surface area contributed by atoms with E-state index >= 15 is 0 Å². The van der Waals surface area contributed by atoms with Crippen LogP contribution in [-0.4, -0.2) is 27.4 Å². The van der Waals surface area contributed by atoms with Crippen molar-refractivity contribution in [3.8, 4) is 0 Å². The molecule has 8 heteroatoms. The zero-order valence-electron chi connectivity index (χ0n) is 14.7. The summed E-state index contributed by atoms with van der Waals surface area (Å²) in [7, 11) is 1.88. The third-order valence-corrected chi connectivity index (χ3v) is 4.71. The van der Waals surface area contributed by atoms with Gasteiger partial charge >= 0.3 is 0 Å². The molecule has 27 heavy (non-hydrogen) atoms.